The van der Waals surface area contributed by atoms with E-state index in [4.69, 9.17) is 0 Å². The molecule has 0 bridgehead atoms. The molecule has 0 aliphatic carbocycles. The van der Waals surface area contributed by atoms with E-state index in [1.54, 1.807) is 12.1 Å². The Morgan fingerprint density at radius 2 is 0.967 bits per heavy atom. The summed E-state index contributed by atoms with van der Waals surface area (Å²) < 4.78 is 32.1. The zero-order valence-corrected chi connectivity index (χ0v) is 20.2. The summed E-state index contributed by atoms with van der Waals surface area (Å²) in [4.78, 5) is 0.0666. The summed E-state index contributed by atoms with van der Waals surface area (Å²) in [5.41, 5.74) is 0.733. The number of hydrogen-bond acceptors (Lipinski definition) is 2. The molecule has 0 radical (unpaired) electrons. The minimum atomic E-state index is -4.11. The maximum atomic E-state index is 11.4. The van der Waals surface area contributed by atoms with E-state index in [-0.39, 0.29) is 4.90 Å². The van der Waals surface area contributed by atoms with Gasteiger partial charge in [0.25, 0.3) is 10.1 Å². The SMILES string of the molecule is CCCCCCCCCCCCCCCCCCCCc1ccccc1S(=O)(=O)O. The fourth-order valence-electron chi connectivity index (χ4n) is 4.18. The lowest BCUT2D eigenvalue weighted by Crippen LogP contribution is -2.03. The van der Waals surface area contributed by atoms with Gasteiger partial charge in [0.05, 0.1) is 4.90 Å². The molecular weight excluding hydrogens is 392 g/mol. The highest BCUT2D eigenvalue weighted by molar-refractivity contribution is 7.85. The third kappa shape index (κ3) is 14.2. The fourth-order valence-corrected chi connectivity index (χ4v) is 4.93. The third-order valence-electron chi connectivity index (χ3n) is 6.05. The van der Waals surface area contributed by atoms with Gasteiger partial charge in [-0.3, -0.25) is 4.55 Å². The van der Waals surface area contributed by atoms with Crippen molar-refractivity contribution in [3.8, 4) is 0 Å². The van der Waals surface area contributed by atoms with Gasteiger partial charge in [0.15, 0.2) is 0 Å². The van der Waals surface area contributed by atoms with E-state index >= 15 is 0 Å². The molecule has 0 heterocycles. The molecule has 1 aromatic carbocycles. The largest absolute Gasteiger partial charge is 0.294 e. The smallest absolute Gasteiger partial charge is 0.282 e. The molecule has 0 saturated heterocycles. The van der Waals surface area contributed by atoms with E-state index < -0.39 is 10.1 Å². The molecule has 0 fully saturated rings. The van der Waals surface area contributed by atoms with Crippen molar-refractivity contribution in [2.45, 2.75) is 134 Å². The molecule has 0 aliphatic rings. The average molecular weight is 439 g/mol. The van der Waals surface area contributed by atoms with Gasteiger partial charge in [-0.25, -0.2) is 0 Å². The maximum Gasteiger partial charge on any atom is 0.294 e. The molecule has 0 amide bonds. The minimum absolute atomic E-state index is 0.0666. The van der Waals surface area contributed by atoms with Crippen LogP contribution < -0.4 is 0 Å². The van der Waals surface area contributed by atoms with Crippen LogP contribution in [0.4, 0.5) is 0 Å². The molecule has 0 unspecified atom stereocenters. The van der Waals surface area contributed by atoms with Crippen LogP contribution in [0.1, 0.15) is 128 Å². The summed E-state index contributed by atoms with van der Waals surface area (Å²) in [5, 5.41) is 0. The summed E-state index contributed by atoms with van der Waals surface area (Å²) in [6.45, 7) is 2.28. The number of rotatable bonds is 20. The quantitative estimate of drug-likeness (QED) is 0.164. The first-order valence-electron chi connectivity index (χ1n) is 12.6. The Bertz CT molecular complexity index is 625. The van der Waals surface area contributed by atoms with E-state index in [1.165, 1.54) is 109 Å². The van der Waals surface area contributed by atoms with Gasteiger partial charge in [-0.05, 0) is 24.5 Å². The van der Waals surface area contributed by atoms with Crippen LogP contribution in [0.15, 0.2) is 29.2 Å². The lowest BCUT2D eigenvalue weighted by molar-refractivity contribution is 0.481. The summed E-state index contributed by atoms with van der Waals surface area (Å²) in [5.74, 6) is 0. The standard InChI is InChI=1S/C26H46O3S/c1-2-3-4-5-6-7-8-9-10-11-12-13-14-15-16-17-18-19-22-25-23-20-21-24-26(25)30(27,28)29/h20-21,23-24H,2-19,22H2,1H3,(H,27,28,29). The number of unbranched alkanes of at least 4 members (excludes halogenated alkanes) is 17. The second-order valence-electron chi connectivity index (χ2n) is 8.84. The van der Waals surface area contributed by atoms with Gasteiger partial charge in [-0.15, -0.1) is 0 Å². The molecule has 1 aromatic rings. The van der Waals surface area contributed by atoms with Crippen LogP contribution in [0.25, 0.3) is 0 Å². The van der Waals surface area contributed by atoms with Crippen molar-refractivity contribution >= 4 is 10.1 Å². The Kier molecular flexibility index (Phi) is 16.1. The van der Waals surface area contributed by atoms with Crippen LogP contribution in [-0.2, 0) is 16.5 Å². The Morgan fingerprint density at radius 1 is 0.600 bits per heavy atom. The van der Waals surface area contributed by atoms with Crippen molar-refractivity contribution in [3.05, 3.63) is 29.8 Å². The molecule has 0 aliphatic heterocycles. The first-order valence-corrected chi connectivity index (χ1v) is 14.0. The zero-order chi connectivity index (χ0) is 21.9. The molecule has 0 spiro atoms. The molecule has 30 heavy (non-hydrogen) atoms. The van der Waals surface area contributed by atoms with Crippen LogP contribution >= 0.6 is 0 Å². The molecule has 0 atom stereocenters. The van der Waals surface area contributed by atoms with Crippen molar-refractivity contribution in [3.63, 3.8) is 0 Å². The molecule has 1 N–H and O–H groups in total. The number of aryl methyl sites for hydroxylation is 1. The Hall–Kier alpha value is -0.870. The first-order chi connectivity index (χ1) is 14.6. The van der Waals surface area contributed by atoms with Gasteiger partial charge in [0, 0.05) is 0 Å². The molecule has 0 saturated carbocycles. The van der Waals surface area contributed by atoms with Crippen molar-refractivity contribution < 1.29 is 13.0 Å². The van der Waals surface area contributed by atoms with Crippen LogP contribution in [0.5, 0.6) is 0 Å². The highest BCUT2D eigenvalue weighted by Crippen LogP contribution is 2.19. The summed E-state index contributed by atoms with van der Waals surface area (Å²) in [7, 11) is -4.11. The highest BCUT2D eigenvalue weighted by Gasteiger charge is 2.13. The third-order valence-corrected chi connectivity index (χ3v) is 7.00. The van der Waals surface area contributed by atoms with E-state index in [2.05, 4.69) is 6.92 Å². The lowest BCUT2D eigenvalue weighted by atomic mass is 10.0. The second-order valence-corrected chi connectivity index (χ2v) is 10.2. The molecular formula is C26H46O3S. The van der Waals surface area contributed by atoms with Gasteiger partial charge in [-0.1, -0.05) is 134 Å². The van der Waals surface area contributed by atoms with Crippen molar-refractivity contribution in [2.75, 3.05) is 0 Å². The van der Waals surface area contributed by atoms with Gasteiger partial charge in [0.1, 0.15) is 0 Å². The van der Waals surface area contributed by atoms with Gasteiger partial charge < -0.3 is 0 Å². The second kappa shape index (κ2) is 17.8. The van der Waals surface area contributed by atoms with Crippen molar-refractivity contribution in [2.24, 2.45) is 0 Å². The number of hydrogen-bond donors (Lipinski definition) is 1. The Balaban J connectivity index is 1.87. The highest BCUT2D eigenvalue weighted by atomic mass is 32.2. The minimum Gasteiger partial charge on any atom is -0.282 e. The van der Waals surface area contributed by atoms with Crippen LogP contribution in [-0.4, -0.2) is 13.0 Å². The van der Waals surface area contributed by atoms with Crippen molar-refractivity contribution in [1.82, 2.24) is 0 Å². The monoisotopic (exact) mass is 438 g/mol. The molecule has 1 rings (SSSR count). The van der Waals surface area contributed by atoms with Gasteiger partial charge in [-0.2, -0.15) is 8.42 Å². The van der Waals surface area contributed by atoms with Gasteiger partial charge >= 0.3 is 0 Å². The predicted octanol–water partition coefficient (Wildman–Crippen LogP) is 8.52. The molecule has 3 nitrogen and oxygen atoms in total. The van der Waals surface area contributed by atoms with Crippen molar-refractivity contribution in [1.29, 1.82) is 0 Å². The topological polar surface area (TPSA) is 54.4 Å². The molecule has 174 valence electrons. The zero-order valence-electron chi connectivity index (χ0n) is 19.4. The average Bonchev–Trinajstić information content (AvgIpc) is 2.72. The fraction of sp³-hybridized carbons (Fsp3) is 0.769. The van der Waals surface area contributed by atoms with Crippen LogP contribution in [0.3, 0.4) is 0 Å². The van der Waals surface area contributed by atoms with E-state index in [1.807, 2.05) is 6.07 Å². The summed E-state index contributed by atoms with van der Waals surface area (Å²) >= 11 is 0. The molecule has 0 aromatic heterocycles. The molecule has 4 heteroatoms. The normalized spacial score (nSPS) is 11.8. The first kappa shape index (κ1) is 27.2. The van der Waals surface area contributed by atoms with Crippen LogP contribution in [0, 0.1) is 0 Å². The Labute approximate surface area is 186 Å². The van der Waals surface area contributed by atoms with E-state index in [0.717, 1.165) is 18.4 Å². The van der Waals surface area contributed by atoms with Gasteiger partial charge in [0.2, 0.25) is 0 Å². The predicted molar refractivity (Wildman–Crippen MR) is 129 cm³/mol. The Morgan fingerprint density at radius 3 is 1.37 bits per heavy atom. The van der Waals surface area contributed by atoms with E-state index in [0.29, 0.717) is 6.42 Å². The van der Waals surface area contributed by atoms with E-state index in [9.17, 15) is 13.0 Å². The number of benzene rings is 1. The lowest BCUT2D eigenvalue weighted by Gasteiger charge is -2.07. The van der Waals surface area contributed by atoms with Crippen LogP contribution in [0.2, 0.25) is 0 Å². The summed E-state index contributed by atoms with van der Waals surface area (Å²) in [6.07, 6.45) is 24.9. The summed E-state index contributed by atoms with van der Waals surface area (Å²) in [6, 6.07) is 6.77. The maximum absolute atomic E-state index is 11.4.